The Bertz CT molecular complexity index is 1430. The van der Waals surface area contributed by atoms with E-state index in [0.29, 0.717) is 11.5 Å². The van der Waals surface area contributed by atoms with Gasteiger partial charge in [-0.1, -0.05) is 48.5 Å². The first-order valence-electron chi connectivity index (χ1n) is 13.9. The van der Waals surface area contributed by atoms with E-state index < -0.39 is 41.5 Å². The van der Waals surface area contributed by atoms with Crippen LogP contribution in [0.25, 0.3) is 0 Å². The zero-order chi connectivity index (χ0) is 31.5. The molecule has 0 bridgehead atoms. The Morgan fingerprint density at radius 2 is 1.35 bits per heavy atom. The van der Waals surface area contributed by atoms with Crippen LogP contribution in [-0.4, -0.2) is 57.5 Å². The summed E-state index contributed by atoms with van der Waals surface area (Å²) in [6.45, 7) is 6.53. The molecule has 0 aliphatic rings. The fourth-order valence-corrected chi connectivity index (χ4v) is 6.47. The normalized spacial score (nSPS) is 12.9. The van der Waals surface area contributed by atoms with Gasteiger partial charge in [-0.25, -0.2) is 17.7 Å². The summed E-state index contributed by atoms with van der Waals surface area (Å²) in [7, 11) is -6.49. The summed E-state index contributed by atoms with van der Waals surface area (Å²) in [5.74, 6) is 1.11. The van der Waals surface area contributed by atoms with E-state index in [1.165, 1.54) is 17.2 Å². The second kappa shape index (κ2) is 16.1. The SMILES string of the molecule is CC(C)OP(=O)(OC(C)C)C(=O)NC[C@@H](CNS(=O)(=O)c1ccc(Oc2ccccc2)cc1)N(C)OCc1ccccc1. The van der Waals surface area contributed by atoms with Crippen molar-refractivity contribution in [1.29, 1.82) is 0 Å². The summed E-state index contributed by atoms with van der Waals surface area (Å²) in [6, 6.07) is 23.9. The number of carbonyl (C=O) groups excluding carboxylic acids is 1. The second-order valence-electron chi connectivity index (χ2n) is 10.2. The molecule has 1 amide bonds. The van der Waals surface area contributed by atoms with Crippen LogP contribution in [0, 0.1) is 0 Å². The van der Waals surface area contributed by atoms with Crippen molar-refractivity contribution in [3.8, 4) is 11.5 Å². The lowest BCUT2D eigenvalue weighted by Crippen LogP contribution is -2.48. The molecule has 3 aromatic carbocycles. The third-order valence-electron chi connectivity index (χ3n) is 5.85. The Kier molecular flexibility index (Phi) is 12.9. The van der Waals surface area contributed by atoms with Crippen molar-refractivity contribution >= 4 is 23.3 Å². The third kappa shape index (κ3) is 11.2. The number of nitrogens with zero attached hydrogens (tertiary/aromatic N) is 1. The van der Waals surface area contributed by atoms with Crippen LogP contribution in [0.5, 0.6) is 11.5 Å². The van der Waals surface area contributed by atoms with E-state index in [-0.39, 0.29) is 24.6 Å². The predicted molar refractivity (Wildman–Crippen MR) is 164 cm³/mol. The molecule has 0 aliphatic carbocycles. The van der Waals surface area contributed by atoms with Gasteiger partial charge in [-0.15, -0.1) is 0 Å². The molecule has 11 nitrogen and oxygen atoms in total. The fraction of sp³-hybridized carbons (Fsp3) is 0.367. The van der Waals surface area contributed by atoms with E-state index in [1.807, 2.05) is 48.5 Å². The average Bonchev–Trinajstić information content (AvgIpc) is 2.96. The Hall–Kier alpha value is -3.09. The summed E-state index contributed by atoms with van der Waals surface area (Å²) >= 11 is 0. The number of sulfonamides is 1. The number of carbonyl (C=O) groups is 1. The minimum Gasteiger partial charge on any atom is -0.457 e. The van der Waals surface area contributed by atoms with Crippen molar-refractivity contribution in [3.05, 3.63) is 90.5 Å². The number of likely N-dealkylation sites (N-methyl/N-ethyl adjacent to an activating group) is 1. The molecule has 0 fully saturated rings. The Morgan fingerprint density at radius 3 is 1.91 bits per heavy atom. The zero-order valence-electron chi connectivity index (χ0n) is 25.0. The van der Waals surface area contributed by atoms with E-state index in [1.54, 1.807) is 59.0 Å². The maximum atomic E-state index is 13.2. The minimum absolute atomic E-state index is 0.0312. The minimum atomic E-state index is -4.16. The molecule has 0 aromatic heterocycles. The topological polar surface area (TPSA) is 132 Å². The molecule has 0 saturated carbocycles. The van der Waals surface area contributed by atoms with Gasteiger partial charge in [0.2, 0.25) is 10.0 Å². The van der Waals surface area contributed by atoms with Gasteiger partial charge < -0.3 is 10.1 Å². The maximum Gasteiger partial charge on any atom is 0.418 e. The number of amides is 1. The lowest BCUT2D eigenvalue weighted by molar-refractivity contribution is -0.175. The average molecular weight is 634 g/mol. The number of hydrogen-bond donors (Lipinski definition) is 2. The molecule has 0 unspecified atom stereocenters. The largest absolute Gasteiger partial charge is 0.457 e. The summed E-state index contributed by atoms with van der Waals surface area (Å²) in [5.41, 5.74) is -0.0242. The highest BCUT2D eigenvalue weighted by atomic mass is 32.2. The van der Waals surface area contributed by atoms with Crippen LogP contribution < -0.4 is 14.8 Å². The van der Waals surface area contributed by atoms with E-state index in [4.69, 9.17) is 18.6 Å². The standard InChI is InChI=1S/C30H40N3O8PS/c1-23(2)40-42(35,41-24(3)4)30(34)31-20-26(33(5)38-22-25-12-8-6-9-13-25)21-32-43(36,37)29-18-16-28(17-19-29)39-27-14-10-7-11-15-27/h6-19,23-24,26,32H,20-22H2,1-5H3,(H,31,34)/t26-/m0/s1. The van der Waals surface area contributed by atoms with E-state index >= 15 is 0 Å². The monoisotopic (exact) mass is 633 g/mol. The van der Waals surface area contributed by atoms with Crippen molar-refractivity contribution in [2.45, 2.75) is 57.4 Å². The van der Waals surface area contributed by atoms with Gasteiger partial charge in [0.05, 0.1) is 29.8 Å². The van der Waals surface area contributed by atoms with Gasteiger partial charge in [-0.3, -0.25) is 18.7 Å². The number of nitrogens with one attached hydrogen (secondary N) is 2. The quantitative estimate of drug-likeness (QED) is 0.137. The molecule has 3 aromatic rings. The predicted octanol–water partition coefficient (Wildman–Crippen LogP) is 5.94. The fourth-order valence-electron chi connectivity index (χ4n) is 3.76. The van der Waals surface area contributed by atoms with Crippen LogP contribution in [0.2, 0.25) is 0 Å². The van der Waals surface area contributed by atoms with Crippen molar-refractivity contribution in [3.63, 3.8) is 0 Å². The van der Waals surface area contributed by atoms with Crippen LogP contribution in [0.4, 0.5) is 4.79 Å². The van der Waals surface area contributed by atoms with Crippen LogP contribution in [-0.2, 0) is 35.1 Å². The molecule has 13 heteroatoms. The summed E-state index contributed by atoms with van der Waals surface area (Å²) < 4.78 is 58.7. The van der Waals surface area contributed by atoms with Crippen LogP contribution in [0.15, 0.2) is 89.8 Å². The number of benzene rings is 3. The Balaban J connectivity index is 1.71. The molecule has 234 valence electrons. The lowest BCUT2D eigenvalue weighted by Gasteiger charge is -2.29. The number of ether oxygens (including phenoxy) is 1. The van der Waals surface area contributed by atoms with E-state index in [9.17, 15) is 17.8 Å². The zero-order valence-corrected chi connectivity index (χ0v) is 26.7. The van der Waals surface area contributed by atoms with Gasteiger partial charge in [0.15, 0.2) is 0 Å². The molecule has 0 radical (unpaired) electrons. The van der Waals surface area contributed by atoms with Crippen LogP contribution in [0.1, 0.15) is 33.3 Å². The van der Waals surface area contributed by atoms with Gasteiger partial charge >= 0.3 is 13.2 Å². The molecule has 0 heterocycles. The van der Waals surface area contributed by atoms with Gasteiger partial charge in [-0.2, -0.15) is 5.06 Å². The smallest absolute Gasteiger partial charge is 0.418 e. The van der Waals surface area contributed by atoms with Crippen LogP contribution in [0.3, 0.4) is 0 Å². The first-order chi connectivity index (χ1) is 20.4. The summed E-state index contributed by atoms with van der Waals surface area (Å²) in [4.78, 5) is 18.9. The Morgan fingerprint density at radius 1 is 0.814 bits per heavy atom. The molecule has 1 atom stereocenters. The summed E-state index contributed by atoms with van der Waals surface area (Å²) in [6.07, 6.45) is -1.06. The van der Waals surface area contributed by atoms with Crippen LogP contribution >= 0.6 is 7.60 Å². The number of hydrogen-bond acceptors (Lipinski definition) is 9. The van der Waals surface area contributed by atoms with Crippen molar-refractivity contribution in [1.82, 2.24) is 15.1 Å². The Labute approximate surface area is 254 Å². The van der Waals surface area contributed by atoms with Crippen molar-refractivity contribution in [2.75, 3.05) is 20.1 Å². The molecule has 43 heavy (non-hydrogen) atoms. The highest BCUT2D eigenvalue weighted by molar-refractivity contribution is 7.89. The summed E-state index contributed by atoms with van der Waals surface area (Å²) in [5, 5.41) is 4.04. The van der Waals surface area contributed by atoms with Gasteiger partial charge in [0, 0.05) is 20.1 Å². The number of para-hydroxylation sites is 1. The van der Waals surface area contributed by atoms with E-state index in [2.05, 4.69) is 10.0 Å². The number of rotatable bonds is 17. The first-order valence-corrected chi connectivity index (χ1v) is 16.9. The van der Waals surface area contributed by atoms with Gasteiger partial charge in [0.25, 0.3) is 0 Å². The molecule has 0 aliphatic heterocycles. The lowest BCUT2D eigenvalue weighted by atomic mass is 10.2. The maximum absolute atomic E-state index is 13.2. The molecular formula is C30H40N3O8PS. The van der Waals surface area contributed by atoms with Gasteiger partial charge in [0.1, 0.15) is 11.5 Å². The van der Waals surface area contributed by atoms with Gasteiger partial charge in [-0.05, 0) is 69.7 Å². The highest BCUT2D eigenvalue weighted by Gasteiger charge is 2.38. The van der Waals surface area contributed by atoms with Crippen molar-refractivity contribution < 1.29 is 36.4 Å². The second-order valence-corrected chi connectivity index (χ2v) is 13.8. The van der Waals surface area contributed by atoms with Crippen molar-refractivity contribution in [2.24, 2.45) is 0 Å². The van der Waals surface area contributed by atoms with E-state index in [0.717, 1.165) is 5.56 Å². The molecular weight excluding hydrogens is 593 g/mol. The number of hydroxylamine groups is 2. The molecule has 2 N–H and O–H groups in total. The molecule has 0 saturated heterocycles. The molecule has 0 spiro atoms. The third-order valence-corrected chi connectivity index (χ3v) is 9.34. The molecule has 3 rings (SSSR count). The first kappa shape index (κ1) is 34.4. The highest BCUT2D eigenvalue weighted by Crippen LogP contribution is 2.51.